The molecule has 2 aliphatic carbocycles. The number of carbonyl (C=O) groups excluding carboxylic acids is 1. The number of hydrogen-bond donors (Lipinski definition) is 3. The van der Waals surface area contributed by atoms with E-state index in [9.17, 15) is 4.79 Å². The zero-order chi connectivity index (χ0) is 15.1. The fourth-order valence-corrected chi connectivity index (χ4v) is 5.17. The number of primary amides is 1. The maximum atomic E-state index is 11.4. The Morgan fingerprint density at radius 3 is 2.71 bits per heavy atom. The van der Waals surface area contributed by atoms with E-state index >= 15 is 0 Å². The highest BCUT2D eigenvalue weighted by atomic mass is 32.1. The average Bonchev–Trinajstić information content (AvgIpc) is 3.12. The molecular formula is C15H23N3O2S. The highest BCUT2D eigenvalue weighted by Gasteiger charge is 2.42. The molecule has 0 saturated heterocycles. The molecule has 1 heterocycles. The van der Waals surface area contributed by atoms with Gasteiger partial charge in [-0.15, -0.1) is 11.3 Å². The van der Waals surface area contributed by atoms with Crippen molar-refractivity contribution in [1.82, 2.24) is 0 Å². The van der Waals surface area contributed by atoms with E-state index in [1.165, 1.54) is 37.0 Å². The summed E-state index contributed by atoms with van der Waals surface area (Å²) in [7, 11) is 1.57. The first-order chi connectivity index (χ1) is 10.0. The molecular weight excluding hydrogens is 286 g/mol. The molecule has 2 bridgehead atoms. The molecule has 2 aliphatic rings. The van der Waals surface area contributed by atoms with Crippen molar-refractivity contribution in [2.75, 3.05) is 18.2 Å². The van der Waals surface area contributed by atoms with Crippen molar-refractivity contribution in [3.8, 4) is 5.75 Å². The number of hydrogen-bond acceptors (Lipinski definition) is 5. The van der Waals surface area contributed by atoms with E-state index in [4.69, 9.17) is 16.2 Å². The number of thiophene rings is 1. The van der Waals surface area contributed by atoms with Gasteiger partial charge in [0.05, 0.1) is 7.11 Å². The van der Waals surface area contributed by atoms with Crippen molar-refractivity contribution < 1.29 is 9.53 Å². The number of anilines is 2. The molecule has 1 amide bonds. The third-order valence-electron chi connectivity index (χ3n) is 5.12. The van der Waals surface area contributed by atoms with Crippen LogP contribution in [0.15, 0.2) is 0 Å². The van der Waals surface area contributed by atoms with Crippen molar-refractivity contribution in [1.29, 1.82) is 0 Å². The SMILES string of the molecule is COc1c(NC(C)C2CC3CCC2C3)sc(C(N)=O)c1N. The van der Waals surface area contributed by atoms with Gasteiger partial charge in [0.1, 0.15) is 15.6 Å². The van der Waals surface area contributed by atoms with Crippen LogP contribution in [0.25, 0.3) is 0 Å². The predicted octanol–water partition coefficient (Wildman–Crippen LogP) is 2.67. The predicted molar refractivity (Wildman–Crippen MR) is 85.8 cm³/mol. The number of ether oxygens (including phenoxy) is 1. The summed E-state index contributed by atoms with van der Waals surface area (Å²) in [5.74, 6) is 2.51. The molecule has 1 aromatic heterocycles. The minimum atomic E-state index is -0.503. The number of carbonyl (C=O) groups is 1. The van der Waals surface area contributed by atoms with E-state index < -0.39 is 5.91 Å². The number of amides is 1. The molecule has 21 heavy (non-hydrogen) atoms. The van der Waals surface area contributed by atoms with Crippen LogP contribution in [-0.2, 0) is 0 Å². The van der Waals surface area contributed by atoms with E-state index in [0.29, 0.717) is 28.3 Å². The summed E-state index contributed by atoms with van der Waals surface area (Å²) in [5, 5.41) is 4.33. The lowest BCUT2D eigenvalue weighted by Gasteiger charge is -2.29. The molecule has 6 heteroatoms. The van der Waals surface area contributed by atoms with E-state index in [2.05, 4.69) is 12.2 Å². The van der Waals surface area contributed by atoms with E-state index in [1.807, 2.05) is 0 Å². The molecule has 0 radical (unpaired) electrons. The molecule has 0 spiro atoms. The average molecular weight is 309 g/mol. The maximum Gasteiger partial charge on any atom is 0.261 e. The third-order valence-corrected chi connectivity index (χ3v) is 6.25. The topological polar surface area (TPSA) is 90.4 Å². The summed E-state index contributed by atoms with van der Waals surface area (Å²) in [6.07, 6.45) is 5.45. The first-order valence-electron chi connectivity index (χ1n) is 7.53. The lowest BCUT2D eigenvalue weighted by Crippen LogP contribution is -2.29. The van der Waals surface area contributed by atoms with Gasteiger partial charge in [0.25, 0.3) is 5.91 Å². The summed E-state index contributed by atoms with van der Waals surface area (Å²) < 4.78 is 5.35. The standard InChI is InChI=1S/C15H23N3O2S/c1-7(10-6-8-3-4-9(10)5-8)18-15-12(20-2)11(16)13(21-15)14(17)19/h7-10,18H,3-6,16H2,1-2H3,(H2,17,19). The maximum absolute atomic E-state index is 11.4. The normalized spacial score (nSPS) is 28.6. The van der Waals surface area contributed by atoms with E-state index in [-0.39, 0.29) is 0 Å². The van der Waals surface area contributed by atoms with Crippen molar-refractivity contribution >= 4 is 27.9 Å². The Morgan fingerprint density at radius 2 is 2.19 bits per heavy atom. The molecule has 116 valence electrons. The second kappa shape index (κ2) is 5.40. The van der Waals surface area contributed by atoms with Crippen LogP contribution in [0, 0.1) is 17.8 Å². The van der Waals surface area contributed by atoms with Crippen LogP contribution in [0.1, 0.15) is 42.3 Å². The number of rotatable bonds is 5. The Labute approximate surface area is 129 Å². The molecule has 4 unspecified atom stereocenters. The van der Waals surface area contributed by atoms with Crippen molar-refractivity contribution in [2.24, 2.45) is 23.5 Å². The summed E-state index contributed by atoms with van der Waals surface area (Å²) in [6, 6.07) is 0.355. The lowest BCUT2D eigenvalue weighted by atomic mass is 9.84. The molecule has 4 atom stereocenters. The van der Waals surface area contributed by atoms with Crippen LogP contribution < -0.4 is 21.5 Å². The zero-order valence-electron chi connectivity index (χ0n) is 12.5. The first kappa shape index (κ1) is 14.5. The molecule has 0 aliphatic heterocycles. The summed E-state index contributed by atoms with van der Waals surface area (Å²) in [6.45, 7) is 2.21. The number of methoxy groups -OCH3 is 1. The van der Waals surface area contributed by atoms with Gasteiger partial charge >= 0.3 is 0 Å². The van der Waals surface area contributed by atoms with Crippen molar-refractivity contribution in [3.63, 3.8) is 0 Å². The number of nitrogen functional groups attached to an aromatic ring is 1. The van der Waals surface area contributed by atoms with Crippen LogP contribution in [-0.4, -0.2) is 19.1 Å². The quantitative estimate of drug-likeness (QED) is 0.780. The van der Waals surface area contributed by atoms with Gasteiger partial charge in [-0.1, -0.05) is 6.42 Å². The molecule has 1 aromatic rings. The van der Waals surface area contributed by atoms with Gasteiger partial charge in [-0.3, -0.25) is 4.79 Å². The summed E-state index contributed by atoms with van der Waals surface area (Å²) in [5.41, 5.74) is 11.7. The van der Waals surface area contributed by atoms with Crippen LogP contribution in [0.4, 0.5) is 10.7 Å². The molecule has 2 saturated carbocycles. The van der Waals surface area contributed by atoms with Gasteiger partial charge in [-0.25, -0.2) is 0 Å². The highest BCUT2D eigenvalue weighted by Crippen LogP contribution is 2.51. The van der Waals surface area contributed by atoms with Gasteiger partial charge in [0.2, 0.25) is 0 Å². The second-order valence-electron chi connectivity index (χ2n) is 6.34. The second-order valence-corrected chi connectivity index (χ2v) is 7.36. The fourth-order valence-electron chi connectivity index (χ4n) is 4.13. The van der Waals surface area contributed by atoms with Crippen LogP contribution >= 0.6 is 11.3 Å². The van der Waals surface area contributed by atoms with Gasteiger partial charge < -0.3 is 21.5 Å². The van der Waals surface area contributed by atoms with Crippen molar-refractivity contribution in [2.45, 2.75) is 38.6 Å². The van der Waals surface area contributed by atoms with Crippen LogP contribution in [0.2, 0.25) is 0 Å². The van der Waals surface area contributed by atoms with E-state index in [0.717, 1.165) is 16.8 Å². The van der Waals surface area contributed by atoms with Gasteiger partial charge in [-0.2, -0.15) is 0 Å². The monoisotopic (exact) mass is 309 g/mol. The molecule has 5 N–H and O–H groups in total. The first-order valence-corrected chi connectivity index (χ1v) is 8.35. The minimum Gasteiger partial charge on any atom is -0.492 e. The zero-order valence-corrected chi connectivity index (χ0v) is 13.3. The summed E-state index contributed by atoms with van der Waals surface area (Å²) in [4.78, 5) is 11.8. The highest BCUT2D eigenvalue weighted by molar-refractivity contribution is 7.19. The number of fused-ring (bicyclic) bond motifs is 2. The molecule has 5 nitrogen and oxygen atoms in total. The Morgan fingerprint density at radius 1 is 1.43 bits per heavy atom. The molecule has 0 aromatic carbocycles. The van der Waals surface area contributed by atoms with Crippen molar-refractivity contribution in [3.05, 3.63) is 4.88 Å². The van der Waals surface area contributed by atoms with Gasteiger partial charge in [0.15, 0.2) is 5.75 Å². The largest absolute Gasteiger partial charge is 0.492 e. The Hall–Kier alpha value is -1.43. The third kappa shape index (κ3) is 2.46. The van der Waals surface area contributed by atoms with Crippen LogP contribution in [0.3, 0.4) is 0 Å². The van der Waals surface area contributed by atoms with Crippen LogP contribution in [0.5, 0.6) is 5.75 Å². The fraction of sp³-hybridized carbons (Fsp3) is 0.667. The number of nitrogens with two attached hydrogens (primary N) is 2. The van der Waals surface area contributed by atoms with E-state index in [1.54, 1.807) is 7.11 Å². The molecule has 2 fully saturated rings. The Bertz CT molecular complexity index is 557. The smallest absolute Gasteiger partial charge is 0.261 e. The Balaban J connectivity index is 1.78. The van der Waals surface area contributed by atoms with Gasteiger partial charge in [0, 0.05) is 6.04 Å². The minimum absolute atomic E-state index is 0.345. The van der Waals surface area contributed by atoms with Gasteiger partial charge in [-0.05, 0) is 43.9 Å². The number of nitrogens with one attached hydrogen (secondary N) is 1. The Kier molecular flexibility index (Phi) is 3.73. The summed E-state index contributed by atoms with van der Waals surface area (Å²) >= 11 is 1.29. The molecule has 3 rings (SSSR count). The lowest BCUT2D eigenvalue weighted by molar-refractivity contribution is 0.100.